The summed E-state index contributed by atoms with van der Waals surface area (Å²) in [7, 11) is 0. The van der Waals surface area contributed by atoms with Gasteiger partial charge in [-0.25, -0.2) is 0 Å². The fourth-order valence-electron chi connectivity index (χ4n) is 6.73. The molecule has 1 aliphatic heterocycles. The Morgan fingerprint density at radius 3 is 1.69 bits per heavy atom. The lowest BCUT2D eigenvalue weighted by Gasteiger charge is -2.25. The lowest BCUT2D eigenvalue weighted by atomic mass is 9.91. The van der Waals surface area contributed by atoms with E-state index in [4.69, 9.17) is 13.9 Å². The summed E-state index contributed by atoms with van der Waals surface area (Å²) in [6, 6.07) is 42.0. The van der Waals surface area contributed by atoms with Crippen LogP contribution >= 0.6 is 0 Å². The fraction of sp³-hybridized carbons (Fsp3) is 0.0698. The Morgan fingerprint density at radius 2 is 1.04 bits per heavy atom. The molecule has 230 valence electrons. The summed E-state index contributed by atoms with van der Waals surface area (Å²) in [6.45, 7) is 3.89. The molecule has 8 aromatic rings. The third kappa shape index (κ3) is 4.88. The van der Waals surface area contributed by atoms with Crippen LogP contribution in [0.1, 0.15) is 13.8 Å². The third-order valence-electron chi connectivity index (χ3n) is 8.93. The van der Waals surface area contributed by atoms with Gasteiger partial charge in [0.05, 0.1) is 0 Å². The van der Waals surface area contributed by atoms with Gasteiger partial charge in [0.25, 0.3) is 0 Å². The predicted molar refractivity (Wildman–Crippen MR) is 192 cm³/mol. The van der Waals surface area contributed by atoms with Crippen molar-refractivity contribution in [2.45, 2.75) is 19.6 Å². The Labute approximate surface area is 278 Å². The number of nitrogens with zero attached hydrogens (tertiary/aromatic N) is 2. The smallest absolute Gasteiger partial charge is 0.245 e. The van der Waals surface area contributed by atoms with E-state index in [0.717, 1.165) is 89.1 Å². The number of hydrogen-bond acceptors (Lipinski definition) is 5. The molecule has 0 saturated heterocycles. The second-order valence-corrected chi connectivity index (χ2v) is 12.6. The van der Waals surface area contributed by atoms with Crippen molar-refractivity contribution in [3.63, 3.8) is 0 Å². The zero-order valence-electron chi connectivity index (χ0n) is 26.5. The summed E-state index contributed by atoms with van der Waals surface area (Å²) in [4.78, 5) is 8.77. The highest BCUT2D eigenvalue weighted by Crippen LogP contribution is 2.47. The van der Waals surface area contributed by atoms with Gasteiger partial charge in [0, 0.05) is 77.2 Å². The minimum atomic E-state index is -0.866. The largest absolute Gasteiger partial charge is 0.455 e. The predicted octanol–water partition coefficient (Wildman–Crippen LogP) is 11.2. The highest BCUT2D eigenvalue weighted by molar-refractivity contribution is 6.09. The molecule has 4 heterocycles. The van der Waals surface area contributed by atoms with Crippen LogP contribution in [0.4, 0.5) is 0 Å². The molecule has 0 bridgehead atoms. The lowest BCUT2D eigenvalue weighted by Crippen LogP contribution is -2.34. The molecule has 0 unspecified atom stereocenters. The van der Waals surface area contributed by atoms with Gasteiger partial charge in [0.2, 0.25) is 5.79 Å². The van der Waals surface area contributed by atoms with Crippen molar-refractivity contribution in [1.82, 2.24) is 9.97 Å². The van der Waals surface area contributed by atoms with Gasteiger partial charge in [0.15, 0.2) is 0 Å². The van der Waals surface area contributed by atoms with E-state index < -0.39 is 5.79 Å². The number of fused-ring (bicyclic) bond motifs is 6. The first-order chi connectivity index (χ1) is 23.5. The normalized spacial score (nSPS) is 13.3. The fourth-order valence-corrected chi connectivity index (χ4v) is 6.73. The first-order valence-electron chi connectivity index (χ1n) is 16.0. The number of para-hydroxylation sites is 2. The first kappa shape index (κ1) is 28.1. The molecule has 3 aromatic heterocycles. The van der Waals surface area contributed by atoms with Crippen LogP contribution in [-0.2, 0) is 0 Å². The summed E-state index contributed by atoms with van der Waals surface area (Å²) in [5.74, 6) is 0.657. The van der Waals surface area contributed by atoms with Crippen LogP contribution in [-0.4, -0.2) is 15.8 Å². The summed E-state index contributed by atoms with van der Waals surface area (Å²) in [5.41, 5.74) is 12.1. The zero-order valence-corrected chi connectivity index (χ0v) is 26.5. The standard InChI is InChI=1S/C43H30N2O3/c1-43(2)47-40-16-14-27(31-20-32(29-8-6-18-44-25-29)22-33(21-31)30-9-7-19-45-26-30)23-37(40)38-24-28(15-17-41(38)48-43)34-11-5-12-36-35-10-3-4-13-39(35)46-42(34)36/h3-26H,1-2H3. The molecule has 5 nitrogen and oxygen atoms in total. The van der Waals surface area contributed by atoms with Crippen LogP contribution in [0.2, 0.25) is 0 Å². The minimum absolute atomic E-state index is 0.761. The molecule has 1 aliphatic rings. The summed E-state index contributed by atoms with van der Waals surface area (Å²) in [5, 5.41) is 2.20. The number of aromatic nitrogens is 2. The molecule has 0 atom stereocenters. The molecule has 5 heteroatoms. The van der Waals surface area contributed by atoms with Crippen molar-refractivity contribution in [2.75, 3.05) is 0 Å². The quantitative estimate of drug-likeness (QED) is 0.195. The van der Waals surface area contributed by atoms with Gasteiger partial charge >= 0.3 is 0 Å². The van der Waals surface area contributed by atoms with Gasteiger partial charge in [-0.1, -0.05) is 60.7 Å². The van der Waals surface area contributed by atoms with E-state index in [9.17, 15) is 0 Å². The van der Waals surface area contributed by atoms with Crippen LogP contribution in [0.25, 0.3) is 77.6 Å². The molecule has 0 fully saturated rings. The highest BCUT2D eigenvalue weighted by atomic mass is 16.7. The van der Waals surface area contributed by atoms with Gasteiger partial charge in [0.1, 0.15) is 22.7 Å². The molecule has 0 saturated carbocycles. The van der Waals surface area contributed by atoms with Crippen LogP contribution in [0, 0.1) is 0 Å². The third-order valence-corrected chi connectivity index (χ3v) is 8.93. The monoisotopic (exact) mass is 622 g/mol. The van der Waals surface area contributed by atoms with Crippen LogP contribution in [0.15, 0.2) is 151 Å². The van der Waals surface area contributed by atoms with E-state index in [0.29, 0.717) is 0 Å². The van der Waals surface area contributed by atoms with Gasteiger partial charge in [-0.05, 0) is 88.5 Å². The molecule has 0 radical (unpaired) electrons. The summed E-state index contributed by atoms with van der Waals surface area (Å²) >= 11 is 0. The van der Waals surface area contributed by atoms with Crippen molar-refractivity contribution in [1.29, 1.82) is 0 Å². The number of hydrogen-bond donors (Lipinski definition) is 0. The van der Waals surface area contributed by atoms with E-state index in [1.165, 1.54) is 0 Å². The van der Waals surface area contributed by atoms with Gasteiger partial charge in [-0.15, -0.1) is 0 Å². The topological polar surface area (TPSA) is 57.4 Å². The maximum atomic E-state index is 6.50. The van der Waals surface area contributed by atoms with Crippen molar-refractivity contribution in [2.24, 2.45) is 0 Å². The minimum Gasteiger partial charge on any atom is -0.455 e. The number of rotatable bonds is 4. The molecule has 0 aliphatic carbocycles. The van der Waals surface area contributed by atoms with Crippen LogP contribution < -0.4 is 9.47 Å². The van der Waals surface area contributed by atoms with Gasteiger partial charge in [-0.2, -0.15) is 0 Å². The SMILES string of the molecule is CC1(C)Oc2ccc(-c3cc(-c4cccnc4)cc(-c4cccnc4)c3)cc2-c2cc(-c3cccc4c3oc3ccccc34)ccc2O1. The van der Waals surface area contributed by atoms with E-state index in [1.807, 2.05) is 62.6 Å². The molecule has 5 aromatic carbocycles. The number of furan rings is 1. The second-order valence-electron chi connectivity index (χ2n) is 12.6. The van der Waals surface area contributed by atoms with E-state index in [-0.39, 0.29) is 0 Å². The van der Waals surface area contributed by atoms with Crippen molar-refractivity contribution in [3.8, 4) is 67.1 Å². The highest BCUT2D eigenvalue weighted by Gasteiger charge is 2.30. The van der Waals surface area contributed by atoms with E-state index in [1.54, 1.807) is 12.4 Å². The maximum absolute atomic E-state index is 6.50. The summed E-state index contributed by atoms with van der Waals surface area (Å²) in [6.07, 6.45) is 7.39. The Morgan fingerprint density at radius 1 is 0.458 bits per heavy atom. The molecular weight excluding hydrogens is 592 g/mol. The Kier molecular flexibility index (Phi) is 6.40. The Balaban J connectivity index is 1.23. The molecule has 0 amide bonds. The lowest BCUT2D eigenvalue weighted by molar-refractivity contribution is -0.0778. The maximum Gasteiger partial charge on any atom is 0.245 e. The van der Waals surface area contributed by atoms with Gasteiger partial charge < -0.3 is 13.9 Å². The molecule has 48 heavy (non-hydrogen) atoms. The molecular formula is C43H30N2O3. The van der Waals surface area contributed by atoms with Crippen molar-refractivity contribution < 1.29 is 13.9 Å². The summed E-state index contributed by atoms with van der Waals surface area (Å²) < 4.78 is 19.4. The van der Waals surface area contributed by atoms with Crippen LogP contribution in [0.5, 0.6) is 11.5 Å². The zero-order chi connectivity index (χ0) is 32.2. The van der Waals surface area contributed by atoms with E-state index >= 15 is 0 Å². The van der Waals surface area contributed by atoms with Crippen molar-refractivity contribution >= 4 is 21.9 Å². The average molecular weight is 623 g/mol. The molecule has 0 spiro atoms. The number of benzene rings is 5. The molecule has 9 rings (SSSR count). The Hall–Kier alpha value is -6.20. The number of ether oxygens (including phenoxy) is 2. The first-order valence-corrected chi connectivity index (χ1v) is 16.0. The number of pyridine rings is 2. The van der Waals surface area contributed by atoms with E-state index in [2.05, 4.69) is 94.9 Å². The second kappa shape index (κ2) is 11.0. The van der Waals surface area contributed by atoms with Crippen molar-refractivity contribution in [3.05, 3.63) is 146 Å². The Bertz CT molecular complexity index is 2430. The molecule has 0 N–H and O–H groups in total. The van der Waals surface area contributed by atoms with Crippen LogP contribution in [0.3, 0.4) is 0 Å². The average Bonchev–Trinajstić information content (AvgIpc) is 3.46. The van der Waals surface area contributed by atoms with Gasteiger partial charge in [-0.3, -0.25) is 9.97 Å².